The monoisotopic (exact) mass is 242 g/mol. The van der Waals surface area contributed by atoms with Gasteiger partial charge in [0.2, 0.25) is 5.91 Å². The molecule has 1 amide bonds. The van der Waals surface area contributed by atoms with Crippen molar-refractivity contribution in [2.75, 3.05) is 11.9 Å². The molecular weight excluding hydrogens is 224 g/mol. The van der Waals surface area contributed by atoms with Crippen LogP contribution < -0.4 is 10.2 Å². The highest BCUT2D eigenvalue weighted by Gasteiger charge is 2.29. The lowest BCUT2D eigenvalue weighted by atomic mass is 9.95. The molecule has 2 atom stereocenters. The highest BCUT2D eigenvalue weighted by Crippen LogP contribution is 2.33. The van der Waals surface area contributed by atoms with E-state index in [0.717, 1.165) is 5.69 Å². The molecule has 1 aromatic carbocycles. The maximum absolute atomic E-state index is 12.0. The molecule has 2 rings (SSSR count). The Morgan fingerprint density at radius 1 is 1.56 bits per heavy atom. The first kappa shape index (κ1) is 12.7. The standard InChI is InChI=1S/C15H18N2O/c1-4-7-11(2)16-13-10-15(18)17(3)14-9-6-5-8-12(13)14/h1,5-6,8-9,11,13,16H,7,10H2,2-3H3. The van der Waals surface area contributed by atoms with Crippen molar-refractivity contribution < 1.29 is 4.79 Å². The highest BCUT2D eigenvalue weighted by molar-refractivity contribution is 5.96. The molecule has 1 aromatic rings. The Kier molecular flexibility index (Phi) is 3.69. The van der Waals surface area contributed by atoms with Crippen LogP contribution in [0.5, 0.6) is 0 Å². The second-order valence-corrected chi connectivity index (χ2v) is 4.74. The molecule has 1 aliphatic heterocycles. The zero-order chi connectivity index (χ0) is 13.1. The minimum atomic E-state index is 0.0632. The fourth-order valence-corrected chi connectivity index (χ4v) is 2.37. The van der Waals surface area contributed by atoms with Gasteiger partial charge in [-0.1, -0.05) is 18.2 Å². The molecule has 0 saturated carbocycles. The van der Waals surface area contributed by atoms with Crippen LogP contribution in [0.1, 0.15) is 31.4 Å². The number of fused-ring (bicyclic) bond motifs is 1. The van der Waals surface area contributed by atoms with Gasteiger partial charge in [-0.05, 0) is 18.6 Å². The molecular formula is C15H18N2O. The first-order chi connectivity index (χ1) is 8.63. The van der Waals surface area contributed by atoms with E-state index in [1.54, 1.807) is 4.90 Å². The van der Waals surface area contributed by atoms with Gasteiger partial charge in [-0.15, -0.1) is 12.3 Å². The van der Waals surface area contributed by atoms with E-state index in [1.165, 1.54) is 5.56 Å². The van der Waals surface area contributed by atoms with Crippen molar-refractivity contribution in [1.82, 2.24) is 5.32 Å². The van der Waals surface area contributed by atoms with Gasteiger partial charge in [-0.25, -0.2) is 0 Å². The first-order valence-electron chi connectivity index (χ1n) is 6.18. The van der Waals surface area contributed by atoms with Crippen LogP contribution in [-0.2, 0) is 4.79 Å². The minimum absolute atomic E-state index is 0.0632. The Labute approximate surface area is 108 Å². The van der Waals surface area contributed by atoms with E-state index in [4.69, 9.17) is 6.42 Å². The van der Waals surface area contributed by atoms with Crippen molar-refractivity contribution in [2.45, 2.75) is 31.8 Å². The summed E-state index contributed by atoms with van der Waals surface area (Å²) in [5.74, 6) is 2.78. The van der Waals surface area contributed by atoms with Crippen molar-refractivity contribution in [1.29, 1.82) is 0 Å². The van der Waals surface area contributed by atoms with Crippen molar-refractivity contribution in [3.8, 4) is 12.3 Å². The molecule has 0 saturated heterocycles. The number of carbonyl (C=O) groups excluding carboxylic acids is 1. The smallest absolute Gasteiger partial charge is 0.228 e. The number of carbonyl (C=O) groups is 1. The first-order valence-corrected chi connectivity index (χ1v) is 6.18. The van der Waals surface area contributed by atoms with Gasteiger partial charge >= 0.3 is 0 Å². The molecule has 0 aromatic heterocycles. The summed E-state index contributed by atoms with van der Waals surface area (Å²) in [5, 5.41) is 3.44. The summed E-state index contributed by atoms with van der Waals surface area (Å²) in [6, 6.07) is 8.28. The van der Waals surface area contributed by atoms with Crippen molar-refractivity contribution in [2.24, 2.45) is 0 Å². The summed E-state index contributed by atoms with van der Waals surface area (Å²) in [6.07, 6.45) is 6.47. The van der Waals surface area contributed by atoms with Crippen LogP contribution in [0, 0.1) is 12.3 Å². The van der Waals surface area contributed by atoms with E-state index in [1.807, 2.05) is 32.2 Å². The summed E-state index contributed by atoms with van der Waals surface area (Å²) < 4.78 is 0. The number of hydrogen-bond donors (Lipinski definition) is 1. The van der Waals surface area contributed by atoms with E-state index in [9.17, 15) is 4.79 Å². The predicted octanol–water partition coefficient (Wildman–Crippen LogP) is 2.10. The molecule has 0 spiro atoms. The zero-order valence-corrected chi connectivity index (χ0v) is 10.8. The van der Waals surface area contributed by atoms with Crippen LogP contribution in [0.25, 0.3) is 0 Å². The molecule has 0 fully saturated rings. The number of rotatable bonds is 3. The highest BCUT2D eigenvalue weighted by atomic mass is 16.2. The molecule has 0 bridgehead atoms. The van der Waals surface area contributed by atoms with Gasteiger partial charge in [0, 0.05) is 37.7 Å². The molecule has 3 heteroatoms. The van der Waals surface area contributed by atoms with Crippen molar-refractivity contribution in [3.05, 3.63) is 29.8 Å². The molecule has 0 radical (unpaired) electrons. The number of anilines is 1. The summed E-state index contributed by atoms with van der Waals surface area (Å²) in [6.45, 7) is 2.05. The molecule has 3 nitrogen and oxygen atoms in total. The summed E-state index contributed by atoms with van der Waals surface area (Å²) in [7, 11) is 1.82. The normalized spacial score (nSPS) is 20.2. The summed E-state index contributed by atoms with van der Waals surface area (Å²) in [4.78, 5) is 13.7. The quantitative estimate of drug-likeness (QED) is 0.823. The molecule has 94 valence electrons. The second-order valence-electron chi connectivity index (χ2n) is 4.74. The lowest BCUT2D eigenvalue weighted by molar-refractivity contribution is -0.119. The summed E-state index contributed by atoms with van der Waals surface area (Å²) in [5.41, 5.74) is 2.16. The molecule has 1 N–H and O–H groups in total. The van der Waals surface area contributed by atoms with Crippen LogP contribution in [0.4, 0.5) is 5.69 Å². The topological polar surface area (TPSA) is 32.3 Å². The maximum Gasteiger partial charge on any atom is 0.228 e. The van der Waals surface area contributed by atoms with Gasteiger partial charge in [0.25, 0.3) is 0 Å². The number of para-hydroxylation sites is 1. The molecule has 0 aliphatic carbocycles. The Bertz CT molecular complexity index is 490. The molecule has 18 heavy (non-hydrogen) atoms. The molecule has 2 unspecified atom stereocenters. The van der Waals surface area contributed by atoms with Gasteiger partial charge in [-0.3, -0.25) is 4.79 Å². The lowest BCUT2D eigenvalue weighted by Gasteiger charge is -2.33. The van der Waals surface area contributed by atoms with E-state index >= 15 is 0 Å². The number of nitrogens with zero attached hydrogens (tertiary/aromatic N) is 1. The van der Waals surface area contributed by atoms with E-state index in [-0.39, 0.29) is 18.0 Å². The third-order valence-corrected chi connectivity index (χ3v) is 3.34. The van der Waals surface area contributed by atoms with E-state index in [2.05, 4.69) is 17.3 Å². The predicted molar refractivity (Wildman–Crippen MR) is 73.3 cm³/mol. The third kappa shape index (κ3) is 2.39. The Hall–Kier alpha value is -1.79. The number of hydrogen-bond acceptors (Lipinski definition) is 2. The fourth-order valence-electron chi connectivity index (χ4n) is 2.37. The van der Waals surface area contributed by atoms with Crippen LogP contribution >= 0.6 is 0 Å². The van der Waals surface area contributed by atoms with Gasteiger partial charge in [-0.2, -0.15) is 0 Å². The third-order valence-electron chi connectivity index (χ3n) is 3.34. The van der Waals surface area contributed by atoms with E-state index < -0.39 is 0 Å². The van der Waals surface area contributed by atoms with E-state index in [0.29, 0.717) is 12.8 Å². The largest absolute Gasteiger partial charge is 0.315 e. The summed E-state index contributed by atoms with van der Waals surface area (Å²) >= 11 is 0. The average Bonchev–Trinajstić information content (AvgIpc) is 2.36. The van der Waals surface area contributed by atoms with Crippen LogP contribution in [-0.4, -0.2) is 19.0 Å². The van der Waals surface area contributed by atoms with Crippen molar-refractivity contribution >= 4 is 11.6 Å². The SMILES string of the molecule is C#CCC(C)NC1CC(=O)N(C)c2ccccc21. The lowest BCUT2D eigenvalue weighted by Crippen LogP contribution is -2.40. The average molecular weight is 242 g/mol. The van der Waals surface area contributed by atoms with Gasteiger partial charge in [0.1, 0.15) is 0 Å². The van der Waals surface area contributed by atoms with Crippen LogP contribution in [0.3, 0.4) is 0 Å². The number of benzene rings is 1. The maximum atomic E-state index is 12.0. The minimum Gasteiger partial charge on any atom is -0.315 e. The van der Waals surface area contributed by atoms with Gasteiger partial charge < -0.3 is 10.2 Å². The van der Waals surface area contributed by atoms with Gasteiger partial charge in [0.15, 0.2) is 0 Å². The van der Waals surface area contributed by atoms with Crippen LogP contribution in [0.2, 0.25) is 0 Å². The number of nitrogens with one attached hydrogen (secondary N) is 1. The Morgan fingerprint density at radius 2 is 2.28 bits per heavy atom. The molecule has 1 aliphatic rings. The fraction of sp³-hybridized carbons (Fsp3) is 0.400. The van der Waals surface area contributed by atoms with Crippen LogP contribution in [0.15, 0.2) is 24.3 Å². The van der Waals surface area contributed by atoms with Crippen molar-refractivity contribution in [3.63, 3.8) is 0 Å². The number of amides is 1. The Balaban J connectivity index is 2.25. The zero-order valence-electron chi connectivity index (χ0n) is 10.8. The number of terminal acetylenes is 1. The van der Waals surface area contributed by atoms with Gasteiger partial charge in [0.05, 0.1) is 0 Å². The molecule has 1 heterocycles. The second kappa shape index (κ2) is 5.24. The Morgan fingerprint density at radius 3 is 3.00 bits per heavy atom.